The second kappa shape index (κ2) is 7.41. The second-order valence-corrected chi connectivity index (χ2v) is 5.58. The van der Waals surface area contributed by atoms with Gasteiger partial charge in [-0.05, 0) is 35.2 Å². The first-order valence-electron chi connectivity index (χ1n) is 7.90. The summed E-state index contributed by atoms with van der Waals surface area (Å²) < 4.78 is 5.04. The van der Waals surface area contributed by atoms with Gasteiger partial charge < -0.3 is 15.2 Å². The molecule has 0 aliphatic rings. The molecule has 128 valence electrons. The SMILES string of the molecule is COc1cc(/C=C(/C#N)C(=O)Nc2cccc3ccccc23)ccc1O. The summed E-state index contributed by atoms with van der Waals surface area (Å²) >= 11 is 0. The Hall–Kier alpha value is -3.78. The summed E-state index contributed by atoms with van der Waals surface area (Å²) in [5.41, 5.74) is 1.16. The number of nitrogens with one attached hydrogen (secondary N) is 1. The summed E-state index contributed by atoms with van der Waals surface area (Å²) in [6.07, 6.45) is 1.45. The van der Waals surface area contributed by atoms with Crippen LogP contribution in [0.3, 0.4) is 0 Å². The molecule has 0 unspecified atom stereocenters. The van der Waals surface area contributed by atoms with E-state index < -0.39 is 5.91 Å². The largest absolute Gasteiger partial charge is 0.504 e. The zero-order valence-electron chi connectivity index (χ0n) is 14.1. The predicted molar refractivity (Wildman–Crippen MR) is 101 cm³/mol. The molecular formula is C21H16N2O3. The Kier molecular flexibility index (Phi) is 4.86. The topological polar surface area (TPSA) is 82.3 Å². The molecule has 0 saturated heterocycles. The van der Waals surface area contributed by atoms with Gasteiger partial charge in [0.15, 0.2) is 11.5 Å². The molecule has 3 rings (SSSR count). The molecule has 3 aromatic rings. The van der Waals surface area contributed by atoms with Crippen LogP contribution in [0.15, 0.2) is 66.2 Å². The van der Waals surface area contributed by atoms with Crippen LogP contribution in [0.5, 0.6) is 11.5 Å². The van der Waals surface area contributed by atoms with Crippen molar-refractivity contribution in [2.45, 2.75) is 0 Å². The van der Waals surface area contributed by atoms with E-state index in [9.17, 15) is 15.2 Å². The van der Waals surface area contributed by atoms with Crippen molar-refractivity contribution in [2.75, 3.05) is 12.4 Å². The predicted octanol–water partition coefficient (Wildman–Crippen LogP) is 4.10. The van der Waals surface area contributed by atoms with Gasteiger partial charge in [-0.3, -0.25) is 4.79 Å². The fourth-order valence-corrected chi connectivity index (χ4v) is 2.62. The Balaban J connectivity index is 1.91. The lowest BCUT2D eigenvalue weighted by molar-refractivity contribution is -0.112. The number of nitrogens with zero attached hydrogens (tertiary/aromatic N) is 1. The Morgan fingerprint density at radius 3 is 2.69 bits per heavy atom. The van der Waals surface area contributed by atoms with E-state index in [1.54, 1.807) is 18.2 Å². The summed E-state index contributed by atoms with van der Waals surface area (Å²) in [4.78, 5) is 12.5. The molecule has 0 spiro atoms. The van der Waals surface area contributed by atoms with Crippen LogP contribution in [0.2, 0.25) is 0 Å². The highest BCUT2D eigenvalue weighted by Crippen LogP contribution is 2.28. The highest BCUT2D eigenvalue weighted by molar-refractivity contribution is 6.12. The number of hydrogen-bond acceptors (Lipinski definition) is 4. The number of amides is 1. The molecule has 0 aliphatic carbocycles. The molecule has 0 saturated carbocycles. The third-order valence-corrected chi connectivity index (χ3v) is 3.92. The molecular weight excluding hydrogens is 328 g/mol. The van der Waals surface area contributed by atoms with Crippen molar-refractivity contribution in [3.63, 3.8) is 0 Å². The van der Waals surface area contributed by atoms with Crippen molar-refractivity contribution in [3.8, 4) is 17.6 Å². The highest BCUT2D eigenvalue weighted by atomic mass is 16.5. The molecule has 1 amide bonds. The van der Waals surface area contributed by atoms with Crippen LogP contribution in [0, 0.1) is 11.3 Å². The minimum atomic E-state index is -0.504. The number of aromatic hydroxyl groups is 1. The summed E-state index contributed by atoms with van der Waals surface area (Å²) in [6.45, 7) is 0. The van der Waals surface area contributed by atoms with E-state index in [2.05, 4.69) is 5.32 Å². The first kappa shape index (κ1) is 17.1. The quantitative estimate of drug-likeness (QED) is 0.551. The van der Waals surface area contributed by atoms with E-state index in [0.717, 1.165) is 10.8 Å². The zero-order valence-corrected chi connectivity index (χ0v) is 14.1. The third kappa shape index (κ3) is 3.50. The average Bonchev–Trinajstić information content (AvgIpc) is 2.67. The van der Waals surface area contributed by atoms with Gasteiger partial charge in [-0.2, -0.15) is 5.26 Å². The minimum absolute atomic E-state index is 0.0108. The van der Waals surface area contributed by atoms with Crippen molar-refractivity contribution in [1.29, 1.82) is 5.26 Å². The van der Waals surface area contributed by atoms with Gasteiger partial charge in [-0.15, -0.1) is 0 Å². The van der Waals surface area contributed by atoms with E-state index in [1.807, 2.05) is 42.5 Å². The van der Waals surface area contributed by atoms with Gasteiger partial charge in [0.25, 0.3) is 5.91 Å². The van der Waals surface area contributed by atoms with Gasteiger partial charge in [0.1, 0.15) is 11.6 Å². The van der Waals surface area contributed by atoms with Crippen LogP contribution >= 0.6 is 0 Å². The van der Waals surface area contributed by atoms with Crippen molar-refractivity contribution in [3.05, 3.63) is 71.8 Å². The fraction of sp³-hybridized carbons (Fsp3) is 0.0476. The normalized spacial score (nSPS) is 11.0. The molecule has 0 bridgehead atoms. The first-order chi connectivity index (χ1) is 12.6. The van der Waals surface area contributed by atoms with Crippen LogP contribution in [-0.2, 0) is 4.79 Å². The summed E-state index contributed by atoms with van der Waals surface area (Å²) in [5.74, 6) is -0.246. The lowest BCUT2D eigenvalue weighted by Gasteiger charge is -2.08. The number of anilines is 1. The van der Waals surface area contributed by atoms with Crippen molar-refractivity contribution < 1.29 is 14.6 Å². The van der Waals surface area contributed by atoms with Crippen LogP contribution < -0.4 is 10.1 Å². The zero-order chi connectivity index (χ0) is 18.5. The number of carbonyl (C=O) groups excluding carboxylic acids is 1. The lowest BCUT2D eigenvalue weighted by atomic mass is 10.1. The van der Waals surface area contributed by atoms with Gasteiger partial charge in [-0.1, -0.05) is 42.5 Å². The molecule has 5 nitrogen and oxygen atoms in total. The maximum atomic E-state index is 12.5. The van der Waals surface area contributed by atoms with Crippen LogP contribution in [0.4, 0.5) is 5.69 Å². The van der Waals surface area contributed by atoms with Gasteiger partial charge in [0, 0.05) is 11.1 Å². The van der Waals surface area contributed by atoms with Gasteiger partial charge >= 0.3 is 0 Å². The number of phenolic OH excluding ortho intramolecular Hbond substituents is 1. The Labute approximate surface area is 150 Å². The number of phenols is 1. The second-order valence-electron chi connectivity index (χ2n) is 5.58. The Morgan fingerprint density at radius 2 is 1.92 bits per heavy atom. The molecule has 0 heterocycles. The number of fused-ring (bicyclic) bond motifs is 1. The number of ether oxygens (including phenoxy) is 1. The van der Waals surface area contributed by atoms with E-state index in [0.29, 0.717) is 11.3 Å². The van der Waals surface area contributed by atoms with E-state index in [4.69, 9.17) is 4.74 Å². The smallest absolute Gasteiger partial charge is 0.266 e. The maximum absolute atomic E-state index is 12.5. The van der Waals surface area contributed by atoms with Gasteiger partial charge in [0.05, 0.1) is 7.11 Å². The summed E-state index contributed by atoms with van der Waals surface area (Å²) in [5, 5.41) is 23.7. The number of carbonyl (C=O) groups is 1. The number of nitriles is 1. The van der Waals surface area contributed by atoms with Crippen LogP contribution in [0.1, 0.15) is 5.56 Å². The van der Waals surface area contributed by atoms with Crippen LogP contribution in [-0.4, -0.2) is 18.1 Å². The molecule has 3 aromatic carbocycles. The van der Waals surface area contributed by atoms with Gasteiger partial charge in [0.2, 0.25) is 0 Å². The van der Waals surface area contributed by atoms with Crippen molar-refractivity contribution in [2.24, 2.45) is 0 Å². The minimum Gasteiger partial charge on any atom is -0.504 e. The monoisotopic (exact) mass is 344 g/mol. The van der Waals surface area contributed by atoms with E-state index in [-0.39, 0.29) is 17.1 Å². The first-order valence-corrected chi connectivity index (χ1v) is 7.90. The molecule has 2 N–H and O–H groups in total. The van der Waals surface area contributed by atoms with E-state index in [1.165, 1.54) is 19.3 Å². The number of hydrogen-bond donors (Lipinski definition) is 2. The summed E-state index contributed by atoms with van der Waals surface area (Å²) in [7, 11) is 1.43. The lowest BCUT2D eigenvalue weighted by Crippen LogP contribution is -2.13. The number of benzene rings is 3. The Morgan fingerprint density at radius 1 is 1.15 bits per heavy atom. The number of rotatable bonds is 4. The molecule has 5 heteroatoms. The maximum Gasteiger partial charge on any atom is 0.266 e. The van der Waals surface area contributed by atoms with Crippen LogP contribution in [0.25, 0.3) is 16.8 Å². The van der Waals surface area contributed by atoms with E-state index >= 15 is 0 Å². The molecule has 0 aromatic heterocycles. The molecule has 0 atom stereocenters. The fourth-order valence-electron chi connectivity index (χ4n) is 2.62. The molecule has 0 radical (unpaired) electrons. The molecule has 0 aliphatic heterocycles. The molecule has 0 fully saturated rings. The average molecular weight is 344 g/mol. The van der Waals surface area contributed by atoms with Crippen molar-refractivity contribution in [1.82, 2.24) is 0 Å². The molecule has 26 heavy (non-hydrogen) atoms. The van der Waals surface area contributed by atoms with Crippen molar-refractivity contribution >= 4 is 28.4 Å². The van der Waals surface area contributed by atoms with Gasteiger partial charge in [-0.25, -0.2) is 0 Å². The standard InChI is InChI=1S/C21H16N2O3/c1-26-20-12-14(9-10-19(20)24)11-16(13-22)21(25)23-18-8-4-6-15-5-2-3-7-17(15)18/h2-12,24H,1H3,(H,23,25)/b16-11-. The Bertz CT molecular complexity index is 1040. The highest BCUT2D eigenvalue weighted by Gasteiger charge is 2.12. The third-order valence-electron chi connectivity index (χ3n) is 3.92. The summed E-state index contributed by atoms with van der Waals surface area (Å²) in [6, 6.07) is 19.8. The number of methoxy groups -OCH3 is 1.